The number of carbonyl (C=O) groups is 3. The quantitative estimate of drug-likeness (QED) is 0.280. The summed E-state index contributed by atoms with van der Waals surface area (Å²) in [6.07, 6.45) is 3.62. The summed E-state index contributed by atoms with van der Waals surface area (Å²) < 4.78 is 11.0. The van der Waals surface area contributed by atoms with Gasteiger partial charge in [0.05, 0.1) is 25.2 Å². The summed E-state index contributed by atoms with van der Waals surface area (Å²) in [6.45, 7) is 12.1. The Morgan fingerprint density at radius 3 is 2.41 bits per heavy atom. The van der Waals surface area contributed by atoms with Crippen molar-refractivity contribution < 1.29 is 23.5 Å². The number of aromatic nitrogens is 2. The number of morpholine rings is 1. The Kier molecular flexibility index (Phi) is 11.4. The molecule has 1 aliphatic carbocycles. The fraction of sp³-hybridized carbons (Fsp3) is 0.633. The molecule has 0 radical (unpaired) electrons. The summed E-state index contributed by atoms with van der Waals surface area (Å²) >= 11 is 1.38. The Hall–Kier alpha value is -2.76. The Balaban J connectivity index is 1.38. The molecule has 2 aromatic rings. The van der Waals surface area contributed by atoms with Crippen molar-refractivity contribution >= 4 is 29.4 Å². The lowest BCUT2D eigenvalue weighted by atomic mass is 9.83. The van der Waals surface area contributed by atoms with Gasteiger partial charge >= 0.3 is 0 Å². The molecular formula is C30H43N5O5S. The van der Waals surface area contributed by atoms with E-state index in [9.17, 15) is 14.4 Å². The molecule has 0 unspecified atom stereocenters. The summed E-state index contributed by atoms with van der Waals surface area (Å²) in [7, 11) is 0. The van der Waals surface area contributed by atoms with Gasteiger partial charge < -0.3 is 19.8 Å². The maximum absolute atomic E-state index is 13.5. The highest BCUT2D eigenvalue weighted by Crippen LogP contribution is 2.26. The van der Waals surface area contributed by atoms with Crippen LogP contribution in [-0.2, 0) is 16.1 Å². The zero-order valence-electron chi connectivity index (χ0n) is 24.6. The second kappa shape index (κ2) is 14.9. The van der Waals surface area contributed by atoms with Gasteiger partial charge in [0.25, 0.3) is 17.0 Å². The number of amides is 2. The zero-order valence-corrected chi connectivity index (χ0v) is 25.4. The van der Waals surface area contributed by atoms with Gasteiger partial charge in [-0.15, -0.1) is 10.2 Å². The number of ketones is 1. The SMILES string of the molecule is CC(C)C[C@H](NC(=O)[C@@H]1CCCC[C@@H]1NC(=O)c1ccc(CN2CCOCC2)cc1)C(=O)c1nnc(SC(C)C)o1. The molecule has 1 aromatic heterocycles. The van der Waals surface area contributed by atoms with E-state index in [4.69, 9.17) is 9.15 Å². The van der Waals surface area contributed by atoms with Gasteiger partial charge in [0, 0.05) is 36.5 Å². The summed E-state index contributed by atoms with van der Waals surface area (Å²) in [5.74, 6) is -1.17. The maximum Gasteiger partial charge on any atom is 0.286 e. The lowest BCUT2D eigenvalue weighted by molar-refractivity contribution is -0.127. The second-order valence-corrected chi connectivity index (χ2v) is 13.2. The van der Waals surface area contributed by atoms with E-state index in [1.54, 1.807) is 0 Å². The van der Waals surface area contributed by atoms with Crippen LogP contribution in [0.1, 0.15) is 86.4 Å². The van der Waals surface area contributed by atoms with E-state index in [0.29, 0.717) is 30.0 Å². The lowest BCUT2D eigenvalue weighted by Gasteiger charge is -2.32. The van der Waals surface area contributed by atoms with Crippen molar-refractivity contribution in [2.24, 2.45) is 11.8 Å². The third-order valence-corrected chi connectivity index (χ3v) is 8.28. The highest BCUT2D eigenvalue weighted by molar-refractivity contribution is 7.99. The van der Waals surface area contributed by atoms with E-state index >= 15 is 0 Å². The van der Waals surface area contributed by atoms with Crippen LogP contribution < -0.4 is 10.6 Å². The molecule has 3 atom stereocenters. The van der Waals surface area contributed by atoms with Crippen molar-refractivity contribution in [2.75, 3.05) is 26.3 Å². The van der Waals surface area contributed by atoms with Crippen molar-refractivity contribution in [1.29, 1.82) is 0 Å². The number of nitrogens with zero attached hydrogens (tertiary/aromatic N) is 3. The van der Waals surface area contributed by atoms with Crippen LogP contribution in [0.3, 0.4) is 0 Å². The van der Waals surface area contributed by atoms with Gasteiger partial charge in [-0.3, -0.25) is 19.3 Å². The van der Waals surface area contributed by atoms with E-state index in [0.717, 1.165) is 51.3 Å². The monoisotopic (exact) mass is 585 g/mol. The van der Waals surface area contributed by atoms with Crippen LogP contribution in [0.2, 0.25) is 0 Å². The Morgan fingerprint density at radius 2 is 1.73 bits per heavy atom. The largest absolute Gasteiger partial charge is 0.408 e. The first kappa shape index (κ1) is 31.2. The molecule has 0 bridgehead atoms. The molecule has 224 valence electrons. The van der Waals surface area contributed by atoms with Crippen molar-refractivity contribution in [3.05, 3.63) is 41.3 Å². The number of hydrogen-bond acceptors (Lipinski definition) is 9. The number of hydrogen-bond donors (Lipinski definition) is 2. The highest BCUT2D eigenvalue weighted by atomic mass is 32.2. The predicted molar refractivity (Wildman–Crippen MR) is 157 cm³/mol. The van der Waals surface area contributed by atoms with E-state index in [1.807, 2.05) is 52.0 Å². The molecule has 1 aromatic carbocycles. The van der Waals surface area contributed by atoms with Crippen molar-refractivity contribution in [3.8, 4) is 0 Å². The molecule has 1 aliphatic heterocycles. The van der Waals surface area contributed by atoms with Crippen LogP contribution in [0.4, 0.5) is 0 Å². The Morgan fingerprint density at radius 1 is 1.02 bits per heavy atom. The fourth-order valence-electron chi connectivity index (χ4n) is 5.34. The molecular weight excluding hydrogens is 542 g/mol. The lowest BCUT2D eigenvalue weighted by Crippen LogP contribution is -2.52. The molecule has 2 heterocycles. The number of carbonyl (C=O) groups excluding carboxylic acids is 3. The molecule has 2 aliphatic rings. The van der Waals surface area contributed by atoms with Gasteiger partial charge in [-0.2, -0.15) is 0 Å². The smallest absolute Gasteiger partial charge is 0.286 e. The van der Waals surface area contributed by atoms with E-state index in [1.165, 1.54) is 11.8 Å². The van der Waals surface area contributed by atoms with Crippen molar-refractivity contribution in [1.82, 2.24) is 25.7 Å². The minimum atomic E-state index is -0.780. The Labute approximate surface area is 246 Å². The Bertz CT molecular complexity index is 1160. The predicted octanol–water partition coefficient (Wildman–Crippen LogP) is 4.10. The van der Waals surface area contributed by atoms with E-state index in [2.05, 4.69) is 25.7 Å². The number of nitrogens with one attached hydrogen (secondary N) is 2. The number of rotatable bonds is 12. The second-order valence-electron chi connectivity index (χ2n) is 11.7. The fourth-order valence-corrected chi connectivity index (χ4v) is 5.96. The molecule has 10 nitrogen and oxygen atoms in total. The van der Waals surface area contributed by atoms with Gasteiger partial charge in [-0.25, -0.2) is 0 Å². The van der Waals surface area contributed by atoms with Crippen LogP contribution in [0.5, 0.6) is 0 Å². The molecule has 2 amide bonds. The van der Waals surface area contributed by atoms with Crippen LogP contribution in [0.25, 0.3) is 0 Å². The van der Waals surface area contributed by atoms with Gasteiger partial charge in [0.15, 0.2) is 0 Å². The molecule has 11 heteroatoms. The summed E-state index contributed by atoms with van der Waals surface area (Å²) in [6, 6.07) is 6.57. The van der Waals surface area contributed by atoms with Crippen LogP contribution >= 0.6 is 11.8 Å². The third-order valence-electron chi connectivity index (χ3n) is 7.44. The number of ether oxygens (including phenoxy) is 1. The van der Waals surface area contributed by atoms with Gasteiger partial charge in [0.2, 0.25) is 11.7 Å². The molecule has 2 fully saturated rings. The van der Waals surface area contributed by atoms with Crippen LogP contribution in [0, 0.1) is 11.8 Å². The molecule has 1 saturated heterocycles. The minimum absolute atomic E-state index is 0.0929. The van der Waals surface area contributed by atoms with Gasteiger partial charge in [0.1, 0.15) is 0 Å². The van der Waals surface area contributed by atoms with Crippen LogP contribution in [-0.4, -0.2) is 76.3 Å². The van der Waals surface area contributed by atoms with Crippen molar-refractivity contribution in [3.63, 3.8) is 0 Å². The molecule has 1 saturated carbocycles. The molecule has 4 rings (SSSR count). The standard InChI is InChI=1S/C30H43N5O5S/c1-19(2)17-25(26(36)29-33-34-30(40-29)41-20(3)4)32-28(38)23-7-5-6-8-24(23)31-27(37)22-11-9-21(10-12-22)18-35-13-15-39-16-14-35/h9-12,19-20,23-25H,5-8,13-18H2,1-4H3,(H,31,37)(H,32,38)/t23-,24+,25+/m1/s1. The molecule has 2 N–H and O–H groups in total. The van der Waals surface area contributed by atoms with E-state index in [-0.39, 0.29) is 40.7 Å². The van der Waals surface area contributed by atoms with Crippen molar-refractivity contribution in [2.45, 2.75) is 88.9 Å². The number of Topliss-reactive ketones (excluding diaryl/α,β-unsaturated/α-hetero) is 1. The van der Waals surface area contributed by atoms with Gasteiger partial charge in [-0.05, 0) is 42.9 Å². The zero-order chi connectivity index (χ0) is 29.4. The molecule has 0 spiro atoms. The first-order valence-corrected chi connectivity index (χ1v) is 15.6. The summed E-state index contributed by atoms with van der Waals surface area (Å²) in [5.41, 5.74) is 1.72. The summed E-state index contributed by atoms with van der Waals surface area (Å²) in [4.78, 5) is 42.3. The number of benzene rings is 1. The third kappa shape index (κ3) is 9.11. The normalized spacial score (nSPS) is 20.6. The molecule has 41 heavy (non-hydrogen) atoms. The highest BCUT2D eigenvalue weighted by Gasteiger charge is 2.35. The average Bonchev–Trinajstić information content (AvgIpc) is 3.41. The minimum Gasteiger partial charge on any atom is -0.408 e. The maximum atomic E-state index is 13.5. The average molecular weight is 586 g/mol. The van der Waals surface area contributed by atoms with E-state index < -0.39 is 12.0 Å². The summed E-state index contributed by atoms with van der Waals surface area (Å²) in [5, 5.41) is 14.6. The van der Waals surface area contributed by atoms with Gasteiger partial charge in [-0.1, -0.05) is 64.4 Å². The topological polar surface area (TPSA) is 127 Å². The first-order valence-electron chi connectivity index (χ1n) is 14.7. The number of thioether (sulfide) groups is 1. The van der Waals surface area contributed by atoms with Crippen LogP contribution in [0.15, 0.2) is 33.9 Å². The first-order chi connectivity index (χ1) is 19.7.